The lowest BCUT2D eigenvalue weighted by Crippen LogP contribution is -2.38. The van der Waals surface area contributed by atoms with Crippen molar-refractivity contribution in [2.75, 3.05) is 20.1 Å². The standard InChI is InChI=1S/C22H26BrN3O2/c1-25(13-11-17-7-9-20(23)10-8-17)22(28)24-15-18-4-2-5-19(14-18)16-26-12-3-6-21(26)27/h2,4-5,7-10,14H,3,6,11-13,15-16H2,1H3,(H,24,28). The summed E-state index contributed by atoms with van der Waals surface area (Å²) in [7, 11) is 1.81. The van der Waals surface area contributed by atoms with Gasteiger partial charge in [-0.25, -0.2) is 4.79 Å². The molecular formula is C22H26BrN3O2. The van der Waals surface area contributed by atoms with Crippen molar-refractivity contribution in [3.63, 3.8) is 0 Å². The van der Waals surface area contributed by atoms with E-state index in [0.717, 1.165) is 35.0 Å². The molecule has 148 valence electrons. The third-order valence-electron chi connectivity index (χ3n) is 4.98. The van der Waals surface area contributed by atoms with Crippen molar-refractivity contribution in [1.29, 1.82) is 0 Å². The molecule has 1 N–H and O–H groups in total. The molecular weight excluding hydrogens is 418 g/mol. The predicted octanol–water partition coefficient (Wildman–Crippen LogP) is 3.96. The summed E-state index contributed by atoms with van der Waals surface area (Å²) in [6.45, 7) is 2.62. The maximum atomic E-state index is 12.4. The van der Waals surface area contributed by atoms with E-state index >= 15 is 0 Å². The Kier molecular flexibility index (Phi) is 7.09. The van der Waals surface area contributed by atoms with E-state index in [-0.39, 0.29) is 11.9 Å². The molecule has 5 nitrogen and oxygen atoms in total. The van der Waals surface area contributed by atoms with Crippen molar-refractivity contribution in [1.82, 2.24) is 15.1 Å². The monoisotopic (exact) mass is 443 g/mol. The van der Waals surface area contributed by atoms with E-state index in [2.05, 4.69) is 39.4 Å². The maximum Gasteiger partial charge on any atom is 0.317 e. The lowest BCUT2D eigenvalue weighted by Gasteiger charge is -2.19. The fourth-order valence-corrected chi connectivity index (χ4v) is 3.56. The summed E-state index contributed by atoms with van der Waals surface area (Å²) in [6.07, 6.45) is 2.42. The fourth-order valence-electron chi connectivity index (χ4n) is 3.29. The smallest absolute Gasteiger partial charge is 0.317 e. The normalized spacial score (nSPS) is 13.6. The van der Waals surface area contributed by atoms with Crippen LogP contribution in [-0.4, -0.2) is 41.9 Å². The van der Waals surface area contributed by atoms with Gasteiger partial charge in [-0.3, -0.25) is 4.79 Å². The van der Waals surface area contributed by atoms with Gasteiger partial charge in [-0.15, -0.1) is 0 Å². The van der Waals surface area contributed by atoms with Crippen LogP contribution in [0.3, 0.4) is 0 Å². The molecule has 2 aromatic rings. The van der Waals surface area contributed by atoms with E-state index in [4.69, 9.17) is 0 Å². The minimum atomic E-state index is -0.0859. The summed E-state index contributed by atoms with van der Waals surface area (Å²) in [6, 6.07) is 16.1. The van der Waals surface area contributed by atoms with Crippen molar-refractivity contribution in [3.05, 3.63) is 69.7 Å². The highest BCUT2D eigenvalue weighted by atomic mass is 79.9. The lowest BCUT2D eigenvalue weighted by molar-refractivity contribution is -0.128. The van der Waals surface area contributed by atoms with Gasteiger partial charge in [-0.05, 0) is 41.7 Å². The summed E-state index contributed by atoms with van der Waals surface area (Å²) in [4.78, 5) is 27.7. The summed E-state index contributed by atoms with van der Waals surface area (Å²) >= 11 is 3.43. The minimum absolute atomic E-state index is 0.0859. The van der Waals surface area contributed by atoms with Crippen molar-refractivity contribution in [3.8, 4) is 0 Å². The number of likely N-dealkylation sites (tertiary alicyclic amines) is 1. The second-order valence-electron chi connectivity index (χ2n) is 7.20. The number of carbonyl (C=O) groups excluding carboxylic acids is 2. The average molecular weight is 444 g/mol. The molecule has 1 aliphatic rings. The largest absolute Gasteiger partial charge is 0.338 e. The Morgan fingerprint density at radius 1 is 1.14 bits per heavy atom. The van der Waals surface area contributed by atoms with Crippen LogP contribution in [0.25, 0.3) is 0 Å². The number of carbonyl (C=O) groups is 2. The van der Waals surface area contributed by atoms with Crippen LogP contribution in [0, 0.1) is 0 Å². The van der Waals surface area contributed by atoms with Gasteiger partial charge in [-0.2, -0.15) is 0 Å². The Bertz CT molecular complexity index is 823. The molecule has 6 heteroatoms. The number of benzene rings is 2. The molecule has 3 rings (SSSR count). The van der Waals surface area contributed by atoms with Crippen LogP contribution in [0.15, 0.2) is 53.0 Å². The maximum absolute atomic E-state index is 12.4. The number of hydrogen-bond donors (Lipinski definition) is 1. The molecule has 1 heterocycles. The summed E-state index contributed by atoms with van der Waals surface area (Å²) < 4.78 is 1.05. The van der Waals surface area contributed by atoms with Crippen LogP contribution < -0.4 is 5.32 Å². The van der Waals surface area contributed by atoms with Crippen LogP contribution >= 0.6 is 15.9 Å². The molecule has 0 atom stereocenters. The van der Waals surface area contributed by atoms with Gasteiger partial charge in [0.2, 0.25) is 5.91 Å². The number of likely N-dealkylation sites (N-methyl/N-ethyl adjacent to an activating group) is 1. The Labute approximate surface area is 174 Å². The van der Waals surface area contributed by atoms with E-state index in [1.54, 1.807) is 4.90 Å². The summed E-state index contributed by atoms with van der Waals surface area (Å²) in [5, 5.41) is 2.97. The molecule has 0 bridgehead atoms. The highest BCUT2D eigenvalue weighted by Crippen LogP contribution is 2.15. The van der Waals surface area contributed by atoms with Crippen molar-refractivity contribution < 1.29 is 9.59 Å². The van der Waals surface area contributed by atoms with Gasteiger partial charge in [0.1, 0.15) is 0 Å². The molecule has 1 saturated heterocycles. The van der Waals surface area contributed by atoms with Gasteiger partial charge in [0.25, 0.3) is 0 Å². The SMILES string of the molecule is CN(CCc1ccc(Br)cc1)C(=O)NCc1cccc(CN2CCCC2=O)c1. The molecule has 2 aromatic carbocycles. The zero-order valence-corrected chi connectivity index (χ0v) is 17.7. The summed E-state index contributed by atoms with van der Waals surface area (Å²) in [5.41, 5.74) is 3.34. The van der Waals surface area contributed by atoms with Crippen molar-refractivity contribution in [2.45, 2.75) is 32.4 Å². The van der Waals surface area contributed by atoms with Crippen molar-refractivity contribution >= 4 is 27.9 Å². The summed E-state index contributed by atoms with van der Waals surface area (Å²) in [5.74, 6) is 0.228. The Hall–Kier alpha value is -2.34. The lowest BCUT2D eigenvalue weighted by atomic mass is 10.1. The second kappa shape index (κ2) is 9.73. The van der Waals surface area contributed by atoms with Crippen LogP contribution in [0.1, 0.15) is 29.5 Å². The third-order valence-corrected chi connectivity index (χ3v) is 5.50. The first kappa shape index (κ1) is 20.4. The Balaban J connectivity index is 1.46. The van der Waals surface area contributed by atoms with Gasteiger partial charge in [0.05, 0.1) is 0 Å². The number of nitrogens with zero attached hydrogens (tertiary/aromatic N) is 2. The molecule has 0 spiro atoms. The number of rotatable bonds is 7. The Morgan fingerprint density at radius 3 is 2.61 bits per heavy atom. The van der Waals surface area contributed by atoms with Gasteiger partial charge in [-0.1, -0.05) is 52.3 Å². The van der Waals surface area contributed by atoms with Gasteiger partial charge in [0, 0.05) is 44.1 Å². The average Bonchev–Trinajstić information content (AvgIpc) is 3.10. The first-order valence-corrected chi connectivity index (χ1v) is 10.4. The molecule has 0 saturated carbocycles. The number of amides is 3. The van der Waals surface area contributed by atoms with Gasteiger partial charge in [0.15, 0.2) is 0 Å². The fraction of sp³-hybridized carbons (Fsp3) is 0.364. The predicted molar refractivity (Wildman–Crippen MR) is 114 cm³/mol. The molecule has 3 amide bonds. The van der Waals surface area contributed by atoms with E-state index < -0.39 is 0 Å². The molecule has 1 fully saturated rings. The molecule has 0 unspecified atom stereocenters. The number of urea groups is 1. The van der Waals surface area contributed by atoms with Crippen LogP contribution in [0.4, 0.5) is 4.79 Å². The quantitative estimate of drug-likeness (QED) is 0.703. The topological polar surface area (TPSA) is 52.7 Å². The number of halogens is 1. The first-order valence-electron chi connectivity index (χ1n) is 9.60. The van der Waals surface area contributed by atoms with Gasteiger partial charge >= 0.3 is 6.03 Å². The third kappa shape index (κ3) is 5.83. The van der Waals surface area contributed by atoms with Crippen LogP contribution in [-0.2, 0) is 24.3 Å². The first-order chi connectivity index (χ1) is 13.5. The van der Waals surface area contributed by atoms with Crippen molar-refractivity contribution in [2.24, 2.45) is 0 Å². The van der Waals surface area contributed by atoms with E-state index in [1.807, 2.05) is 42.3 Å². The van der Waals surface area contributed by atoms with E-state index in [9.17, 15) is 9.59 Å². The van der Waals surface area contributed by atoms with E-state index in [0.29, 0.717) is 26.1 Å². The second-order valence-corrected chi connectivity index (χ2v) is 8.11. The highest BCUT2D eigenvalue weighted by molar-refractivity contribution is 9.10. The number of nitrogens with one attached hydrogen (secondary N) is 1. The Morgan fingerprint density at radius 2 is 1.89 bits per heavy atom. The van der Waals surface area contributed by atoms with Crippen LogP contribution in [0.5, 0.6) is 0 Å². The zero-order chi connectivity index (χ0) is 19.9. The molecule has 1 aliphatic heterocycles. The van der Waals surface area contributed by atoms with E-state index in [1.165, 1.54) is 5.56 Å². The molecule has 28 heavy (non-hydrogen) atoms. The number of hydrogen-bond acceptors (Lipinski definition) is 2. The molecule has 0 aliphatic carbocycles. The van der Waals surface area contributed by atoms with Gasteiger partial charge < -0.3 is 15.1 Å². The minimum Gasteiger partial charge on any atom is -0.338 e. The molecule has 0 aromatic heterocycles. The molecule has 0 radical (unpaired) electrons. The zero-order valence-electron chi connectivity index (χ0n) is 16.2. The van der Waals surface area contributed by atoms with Crippen LogP contribution in [0.2, 0.25) is 0 Å². The highest BCUT2D eigenvalue weighted by Gasteiger charge is 2.20.